The molecule has 1 aromatic heterocycles. The van der Waals surface area contributed by atoms with Gasteiger partial charge in [0.25, 0.3) is 0 Å². The Balaban J connectivity index is 1.53. The summed E-state index contributed by atoms with van der Waals surface area (Å²) in [6.45, 7) is 4.81. The average molecular weight is 373 g/mol. The van der Waals surface area contributed by atoms with E-state index >= 15 is 0 Å². The topological polar surface area (TPSA) is 62.7 Å². The zero-order valence-corrected chi connectivity index (χ0v) is 15.5. The number of hydrogen-bond donors (Lipinski definition) is 0. The third kappa shape index (κ3) is 3.66. The van der Waals surface area contributed by atoms with Gasteiger partial charge in [0.05, 0.1) is 30.3 Å². The molecule has 0 aliphatic carbocycles. The van der Waals surface area contributed by atoms with Crippen molar-refractivity contribution in [3.05, 3.63) is 59.4 Å². The number of nitrogens with zero attached hydrogens (tertiary/aromatic N) is 3. The van der Waals surface area contributed by atoms with Crippen LogP contribution in [-0.2, 0) is 34.3 Å². The highest BCUT2D eigenvalue weighted by Crippen LogP contribution is 2.24. The quantitative estimate of drug-likeness (QED) is 0.816. The minimum absolute atomic E-state index is 0.339. The van der Waals surface area contributed by atoms with Crippen molar-refractivity contribution in [2.75, 3.05) is 32.8 Å². The van der Waals surface area contributed by atoms with E-state index in [2.05, 4.69) is 9.88 Å². The zero-order valence-electron chi connectivity index (χ0n) is 14.7. The Morgan fingerprint density at radius 2 is 1.92 bits per heavy atom. The molecular weight excluding hydrogens is 350 g/mol. The summed E-state index contributed by atoms with van der Waals surface area (Å²) in [5.74, 6) is 0. The molecule has 0 N–H and O–H groups in total. The van der Waals surface area contributed by atoms with Gasteiger partial charge in [0.2, 0.25) is 10.0 Å². The second-order valence-corrected chi connectivity index (χ2v) is 8.67. The Hall–Kier alpha value is -1.80. The number of pyridine rings is 1. The molecule has 138 valence electrons. The van der Waals surface area contributed by atoms with Gasteiger partial charge in [0.1, 0.15) is 0 Å². The third-order valence-electron chi connectivity index (χ3n) is 4.99. The van der Waals surface area contributed by atoms with Crippen molar-refractivity contribution in [3.8, 4) is 0 Å². The molecule has 3 heterocycles. The Labute approximate surface area is 154 Å². The van der Waals surface area contributed by atoms with Crippen LogP contribution in [0.1, 0.15) is 16.8 Å². The first-order valence-electron chi connectivity index (χ1n) is 8.95. The molecule has 0 atom stereocenters. The molecule has 7 heteroatoms. The maximum Gasteiger partial charge on any atom is 0.243 e. The number of hydrogen-bond acceptors (Lipinski definition) is 5. The van der Waals surface area contributed by atoms with Gasteiger partial charge in [-0.3, -0.25) is 9.88 Å². The lowest BCUT2D eigenvalue weighted by Gasteiger charge is -2.28. The van der Waals surface area contributed by atoms with E-state index in [9.17, 15) is 8.42 Å². The fraction of sp³-hybridized carbons (Fsp3) is 0.421. The number of aromatic nitrogens is 1. The van der Waals surface area contributed by atoms with E-state index in [1.165, 1.54) is 4.31 Å². The molecule has 0 saturated carbocycles. The summed E-state index contributed by atoms with van der Waals surface area (Å²) in [6, 6.07) is 11.2. The van der Waals surface area contributed by atoms with E-state index in [1.54, 1.807) is 18.3 Å². The minimum atomic E-state index is -3.52. The maximum atomic E-state index is 13.1. The van der Waals surface area contributed by atoms with Gasteiger partial charge in [-0.2, -0.15) is 4.31 Å². The van der Waals surface area contributed by atoms with E-state index in [-0.39, 0.29) is 0 Å². The maximum absolute atomic E-state index is 13.1. The lowest BCUT2D eigenvalue weighted by molar-refractivity contribution is 0.0341. The molecule has 2 aromatic rings. The van der Waals surface area contributed by atoms with Gasteiger partial charge in [0.15, 0.2) is 0 Å². The highest BCUT2D eigenvalue weighted by atomic mass is 32.2. The van der Waals surface area contributed by atoms with E-state index < -0.39 is 10.0 Å². The van der Waals surface area contributed by atoms with Crippen molar-refractivity contribution in [2.24, 2.45) is 0 Å². The number of benzene rings is 1. The summed E-state index contributed by atoms with van der Waals surface area (Å²) in [6.07, 6.45) is 2.42. The first kappa shape index (κ1) is 17.6. The second-order valence-electron chi connectivity index (χ2n) is 6.73. The number of rotatable bonds is 4. The molecule has 1 aromatic carbocycles. The SMILES string of the molecule is O=S(=O)(c1cccc(CN2CCOCC2)c1)N1CCc2cccnc2C1. The van der Waals surface area contributed by atoms with Gasteiger partial charge in [0, 0.05) is 32.4 Å². The van der Waals surface area contributed by atoms with E-state index in [0.717, 1.165) is 49.7 Å². The van der Waals surface area contributed by atoms with Crippen molar-refractivity contribution in [1.82, 2.24) is 14.2 Å². The van der Waals surface area contributed by atoms with Crippen LogP contribution >= 0.6 is 0 Å². The van der Waals surface area contributed by atoms with Crippen molar-refractivity contribution in [3.63, 3.8) is 0 Å². The van der Waals surface area contributed by atoms with Crippen LogP contribution in [0.25, 0.3) is 0 Å². The average Bonchev–Trinajstić information content (AvgIpc) is 2.68. The largest absolute Gasteiger partial charge is 0.379 e. The fourth-order valence-electron chi connectivity index (χ4n) is 3.51. The predicted octanol–water partition coefficient (Wildman–Crippen LogP) is 1.66. The highest BCUT2D eigenvalue weighted by molar-refractivity contribution is 7.89. The molecular formula is C19H23N3O3S. The molecule has 26 heavy (non-hydrogen) atoms. The number of sulfonamides is 1. The van der Waals surface area contributed by atoms with Gasteiger partial charge < -0.3 is 4.74 Å². The summed E-state index contributed by atoms with van der Waals surface area (Å²) < 4.78 is 33.1. The Kier molecular flexibility index (Phi) is 5.04. The first-order chi connectivity index (χ1) is 12.6. The lowest BCUT2D eigenvalue weighted by atomic mass is 10.1. The van der Waals surface area contributed by atoms with E-state index in [1.807, 2.05) is 24.3 Å². The molecule has 2 aliphatic rings. The molecule has 0 spiro atoms. The van der Waals surface area contributed by atoms with Crippen LogP contribution in [0.3, 0.4) is 0 Å². The van der Waals surface area contributed by atoms with E-state index in [0.29, 0.717) is 24.4 Å². The zero-order chi connectivity index (χ0) is 18.0. The van der Waals surface area contributed by atoms with Crippen molar-refractivity contribution < 1.29 is 13.2 Å². The van der Waals surface area contributed by atoms with Gasteiger partial charge >= 0.3 is 0 Å². The van der Waals surface area contributed by atoms with Crippen molar-refractivity contribution >= 4 is 10.0 Å². The molecule has 0 bridgehead atoms. The molecule has 0 amide bonds. The standard InChI is InChI=1S/C19H23N3O3S/c23-26(24,22-8-6-17-4-2-7-20-19(17)15-22)18-5-1-3-16(13-18)14-21-9-11-25-12-10-21/h1-5,7,13H,6,8-12,14-15H2. The minimum Gasteiger partial charge on any atom is -0.379 e. The normalized spacial score (nSPS) is 19.2. The van der Waals surface area contributed by atoms with Gasteiger partial charge in [-0.05, 0) is 35.7 Å². The number of ether oxygens (including phenoxy) is 1. The molecule has 2 aliphatic heterocycles. The van der Waals surface area contributed by atoms with Gasteiger partial charge in [-0.1, -0.05) is 18.2 Å². The van der Waals surface area contributed by atoms with Crippen LogP contribution in [0.5, 0.6) is 0 Å². The summed E-state index contributed by atoms with van der Waals surface area (Å²) in [7, 11) is -3.52. The predicted molar refractivity (Wildman–Crippen MR) is 98.1 cm³/mol. The van der Waals surface area contributed by atoms with Crippen LogP contribution in [-0.4, -0.2) is 55.5 Å². The second kappa shape index (κ2) is 7.44. The summed E-state index contributed by atoms with van der Waals surface area (Å²) in [4.78, 5) is 7.00. The Morgan fingerprint density at radius 1 is 1.08 bits per heavy atom. The molecule has 1 fully saturated rings. The molecule has 6 nitrogen and oxygen atoms in total. The van der Waals surface area contributed by atoms with Crippen LogP contribution in [0.15, 0.2) is 47.5 Å². The number of morpholine rings is 1. The molecule has 1 saturated heterocycles. The Bertz CT molecular complexity index is 879. The summed E-state index contributed by atoms with van der Waals surface area (Å²) >= 11 is 0. The monoisotopic (exact) mass is 373 g/mol. The molecule has 0 radical (unpaired) electrons. The Morgan fingerprint density at radius 3 is 2.77 bits per heavy atom. The van der Waals surface area contributed by atoms with Gasteiger partial charge in [-0.25, -0.2) is 8.42 Å². The smallest absolute Gasteiger partial charge is 0.243 e. The fourth-order valence-corrected chi connectivity index (χ4v) is 4.98. The van der Waals surface area contributed by atoms with Crippen molar-refractivity contribution in [2.45, 2.75) is 24.4 Å². The third-order valence-corrected chi connectivity index (χ3v) is 6.83. The van der Waals surface area contributed by atoms with Crippen LogP contribution < -0.4 is 0 Å². The molecule has 0 unspecified atom stereocenters. The lowest BCUT2D eigenvalue weighted by Crippen LogP contribution is -2.37. The molecule has 4 rings (SSSR count). The first-order valence-corrected chi connectivity index (χ1v) is 10.4. The summed E-state index contributed by atoms with van der Waals surface area (Å²) in [5, 5.41) is 0. The van der Waals surface area contributed by atoms with Crippen LogP contribution in [0, 0.1) is 0 Å². The highest BCUT2D eigenvalue weighted by Gasteiger charge is 2.29. The van der Waals surface area contributed by atoms with E-state index in [4.69, 9.17) is 4.74 Å². The van der Waals surface area contributed by atoms with Crippen LogP contribution in [0.4, 0.5) is 0 Å². The number of fused-ring (bicyclic) bond motifs is 1. The summed E-state index contributed by atoms with van der Waals surface area (Å²) in [5.41, 5.74) is 3.01. The van der Waals surface area contributed by atoms with Crippen molar-refractivity contribution in [1.29, 1.82) is 0 Å². The van der Waals surface area contributed by atoms with Crippen LogP contribution in [0.2, 0.25) is 0 Å². The van der Waals surface area contributed by atoms with Gasteiger partial charge in [-0.15, -0.1) is 0 Å².